The van der Waals surface area contributed by atoms with Gasteiger partial charge in [-0.25, -0.2) is 0 Å². The van der Waals surface area contributed by atoms with Gasteiger partial charge < -0.3 is 10.2 Å². The minimum absolute atomic E-state index is 0.118. The normalized spacial score (nSPS) is 8.43. The van der Waals surface area contributed by atoms with Crippen LogP contribution >= 0.6 is 0 Å². The molecule has 2 N–H and O–H groups in total. The van der Waals surface area contributed by atoms with E-state index in [0.717, 1.165) is 25.7 Å². The van der Waals surface area contributed by atoms with Crippen LogP contribution in [-0.4, -0.2) is 22.3 Å². The second kappa shape index (κ2) is 42.8. The van der Waals surface area contributed by atoms with Crippen LogP contribution in [0.3, 0.4) is 0 Å². The molecule has 0 aliphatic heterocycles. The summed E-state index contributed by atoms with van der Waals surface area (Å²) in [6.07, 6.45) is 10.6. The third-order valence-corrected chi connectivity index (χ3v) is 1.64. The molecule has 0 radical (unpaired) electrons. The van der Waals surface area contributed by atoms with Crippen LogP contribution in [0, 0.1) is 0 Å². The number of aliphatic hydroxyl groups is 1. The lowest BCUT2D eigenvalue weighted by molar-refractivity contribution is -0.137. The van der Waals surface area contributed by atoms with Crippen molar-refractivity contribution in [1.29, 1.82) is 0 Å². The molecule has 3 heteroatoms. The third-order valence-electron chi connectivity index (χ3n) is 1.64. The average Bonchev–Trinajstić information content (AvgIpc) is 2.47. The zero-order chi connectivity index (χ0) is 19.5. The van der Waals surface area contributed by atoms with E-state index in [0.29, 0.717) is 6.42 Å². The first-order valence-corrected chi connectivity index (χ1v) is 8.04. The van der Waals surface area contributed by atoms with Crippen LogP contribution in [0.5, 0.6) is 0 Å². The number of carbonyl (C=O) groups is 1. The quantitative estimate of drug-likeness (QED) is 0.573. The first-order chi connectivity index (χ1) is 10.8. The van der Waals surface area contributed by atoms with Crippen LogP contribution in [-0.2, 0) is 4.79 Å². The summed E-state index contributed by atoms with van der Waals surface area (Å²) in [6, 6.07) is 0. The Morgan fingerprint density at radius 3 is 1.48 bits per heavy atom. The zero-order valence-corrected chi connectivity index (χ0v) is 16.1. The smallest absolute Gasteiger partial charge is 0.303 e. The topological polar surface area (TPSA) is 57.5 Å². The summed E-state index contributed by atoms with van der Waals surface area (Å²) < 4.78 is 0. The molecule has 0 amide bonds. The summed E-state index contributed by atoms with van der Waals surface area (Å²) in [5, 5.41) is 16.9. The van der Waals surface area contributed by atoms with Crippen molar-refractivity contribution in [2.75, 3.05) is 0 Å². The van der Waals surface area contributed by atoms with E-state index in [1.807, 2.05) is 40.7 Å². The van der Waals surface area contributed by atoms with Crippen LogP contribution in [0.4, 0.5) is 0 Å². The van der Waals surface area contributed by atoms with Crippen molar-refractivity contribution in [3.8, 4) is 0 Å². The second-order valence-electron chi connectivity index (χ2n) is 4.30. The highest BCUT2D eigenvalue weighted by Gasteiger charge is 1.95. The first kappa shape index (κ1) is 33.1. The Balaban J connectivity index is -0.0000000636. The Labute approximate surface area is 145 Å². The van der Waals surface area contributed by atoms with E-state index < -0.39 is 5.97 Å². The van der Waals surface area contributed by atoms with Gasteiger partial charge in [0.2, 0.25) is 0 Å². The summed E-state index contributed by atoms with van der Waals surface area (Å²) >= 11 is 0. The number of carboxylic acid groups (broad SMARTS) is 1. The molecule has 0 saturated carbocycles. The molecular weight excluding hydrogens is 288 g/mol. The number of hydrogen-bond acceptors (Lipinski definition) is 2. The van der Waals surface area contributed by atoms with E-state index in [1.54, 1.807) is 18.2 Å². The van der Waals surface area contributed by atoms with Crippen LogP contribution < -0.4 is 0 Å². The van der Waals surface area contributed by atoms with Crippen molar-refractivity contribution >= 4 is 5.97 Å². The Morgan fingerprint density at radius 1 is 1.00 bits per heavy atom. The Bertz CT molecular complexity index is 231. The molecule has 0 heterocycles. The number of aliphatic hydroxyl groups excluding tert-OH is 1. The predicted molar refractivity (Wildman–Crippen MR) is 106 cm³/mol. The maximum Gasteiger partial charge on any atom is 0.303 e. The largest absolute Gasteiger partial charge is 0.481 e. The van der Waals surface area contributed by atoms with Gasteiger partial charge in [0.15, 0.2) is 0 Å². The van der Waals surface area contributed by atoms with Crippen LogP contribution in [0.1, 0.15) is 66.7 Å². The SMILES string of the molecule is C=CC.C=CC.C=CC.C=CCCC(O)CC.CCCC(=O)O. The standard InChI is InChI=1S/C7H14O.C4H8O2.3C3H6/c1-3-5-6-7(8)4-2;1-2-3-4(5)6;3*1-3-2/h3,7-8H,1,4-6H2,2H3;2-3H2,1H3,(H,5,6);3*3H,1H2,2H3. The van der Waals surface area contributed by atoms with Crippen molar-refractivity contribution in [3.63, 3.8) is 0 Å². The van der Waals surface area contributed by atoms with Crippen molar-refractivity contribution < 1.29 is 15.0 Å². The Hall–Kier alpha value is -1.61. The highest BCUT2D eigenvalue weighted by molar-refractivity contribution is 5.66. The van der Waals surface area contributed by atoms with Crippen LogP contribution in [0.25, 0.3) is 0 Å². The monoisotopic (exact) mass is 328 g/mol. The molecule has 0 bridgehead atoms. The van der Waals surface area contributed by atoms with Crippen molar-refractivity contribution in [3.05, 3.63) is 50.6 Å². The van der Waals surface area contributed by atoms with E-state index >= 15 is 0 Å². The average molecular weight is 329 g/mol. The fourth-order valence-corrected chi connectivity index (χ4v) is 0.728. The summed E-state index contributed by atoms with van der Waals surface area (Å²) in [5.41, 5.74) is 0. The highest BCUT2D eigenvalue weighted by Crippen LogP contribution is 1.99. The molecule has 0 aromatic carbocycles. The van der Waals surface area contributed by atoms with Crippen molar-refractivity contribution in [1.82, 2.24) is 0 Å². The maximum atomic E-state index is 9.60. The molecule has 0 aromatic heterocycles. The van der Waals surface area contributed by atoms with E-state index in [-0.39, 0.29) is 6.10 Å². The summed E-state index contributed by atoms with van der Waals surface area (Å²) in [5.74, 6) is -0.711. The van der Waals surface area contributed by atoms with E-state index in [1.165, 1.54) is 0 Å². The molecule has 0 spiro atoms. The third kappa shape index (κ3) is 126. The van der Waals surface area contributed by atoms with Gasteiger partial charge in [0.05, 0.1) is 6.10 Å². The molecule has 0 fully saturated rings. The first-order valence-electron chi connectivity index (χ1n) is 8.04. The molecule has 0 aromatic rings. The highest BCUT2D eigenvalue weighted by atomic mass is 16.4. The van der Waals surface area contributed by atoms with Gasteiger partial charge in [-0.1, -0.05) is 38.2 Å². The summed E-state index contributed by atoms with van der Waals surface area (Å²) in [6.45, 7) is 23.1. The number of carboxylic acids is 1. The van der Waals surface area contributed by atoms with Crippen molar-refractivity contribution in [2.24, 2.45) is 0 Å². The fraction of sp³-hybridized carbons (Fsp3) is 0.550. The van der Waals surface area contributed by atoms with Gasteiger partial charge in [-0.05, 0) is 46.5 Å². The molecule has 0 saturated heterocycles. The molecule has 0 aliphatic carbocycles. The van der Waals surface area contributed by atoms with Gasteiger partial charge >= 0.3 is 5.97 Å². The molecule has 0 aliphatic rings. The lowest BCUT2D eigenvalue weighted by Gasteiger charge is -2.02. The molecule has 1 unspecified atom stereocenters. The number of aliphatic carboxylic acids is 1. The van der Waals surface area contributed by atoms with Gasteiger partial charge in [0.25, 0.3) is 0 Å². The van der Waals surface area contributed by atoms with Gasteiger partial charge in [-0.2, -0.15) is 0 Å². The minimum atomic E-state index is -0.711. The Kier molecular flexibility index (Phi) is 61.5. The van der Waals surface area contributed by atoms with E-state index in [2.05, 4.69) is 26.3 Å². The molecule has 1 atom stereocenters. The Morgan fingerprint density at radius 2 is 1.35 bits per heavy atom. The van der Waals surface area contributed by atoms with Crippen LogP contribution in [0.2, 0.25) is 0 Å². The van der Waals surface area contributed by atoms with Crippen LogP contribution in [0.15, 0.2) is 50.6 Å². The predicted octanol–water partition coefficient (Wildman–Crippen LogP) is 6.17. The lowest BCUT2D eigenvalue weighted by atomic mass is 10.1. The van der Waals surface area contributed by atoms with Gasteiger partial charge in [0, 0.05) is 6.42 Å². The van der Waals surface area contributed by atoms with Gasteiger partial charge in [-0.15, -0.1) is 26.3 Å². The molecular formula is C20H40O3. The number of allylic oxidation sites excluding steroid dienone is 4. The molecule has 23 heavy (non-hydrogen) atoms. The summed E-state index contributed by atoms with van der Waals surface area (Å²) in [7, 11) is 0. The zero-order valence-electron chi connectivity index (χ0n) is 16.1. The fourth-order valence-electron chi connectivity index (χ4n) is 0.728. The minimum Gasteiger partial charge on any atom is -0.481 e. The maximum absolute atomic E-state index is 9.60. The van der Waals surface area contributed by atoms with Crippen molar-refractivity contribution in [2.45, 2.75) is 72.8 Å². The molecule has 0 rings (SSSR count). The van der Waals surface area contributed by atoms with E-state index in [9.17, 15) is 4.79 Å². The lowest BCUT2D eigenvalue weighted by Crippen LogP contribution is -2.02. The van der Waals surface area contributed by atoms with E-state index in [4.69, 9.17) is 10.2 Å². The second-order valence-corrected chi connectivity index (χ2v) is 4.30. The van der Waals surface area contributed by atoms with Gasteiger partial charge in [0.1, 0.15) is 0 Å². The molecule has 138 valence electrons. The molecule has 3 nitrogen and oxygen atoms in total. The van der Waals surface area contributed by atoms with Gasteiger partial charge in [-0.3, -0.25) is 4.79 Å². The number of rotatable bonds is 6. The summed E-state index contributed by atoms with van der Waals surface area (Å²) in [4.78, 5) is 9.60. The number of hydrogen-bond donors (Lipinski definition) is 2.